The van der Waals surface area contributed by atoms with E-state index in [4.69, 9.17) is 64.2 Å². The quantitative estimate of drug-likeness (QED) is 0.0691. The molecule has 0 aromatic heterocycles. The smallest absolute Gasteiger partial charge is 0.100 e. The van der Waals surface area contributed by atoms with Gasteiger partial charge in [-0.3, -0.25) is 0 Å². The Kier molecular flexibility index (Phi) is 48.8. The normalized spacial score (nSPS) is 15.0. The second kappa shape index (κ2) is 39.8. The zero-order valence-electron chi connectivity index (χ0n) is 43.5. The molecule has 61 heavy (non-hydrogen) atoms. The Morgan fingerprint density at radius 3 is 0.475 bits per heavy atom. The minimum atomic E-state index is -0.751. The lowest BCUT2D eigenvalue weighted by Crippen LogP contribution is -2.27. The number of aliphatic hydroxyl groups excluding tert-OH is 7. The molecule has 7 N–H and O–H groups in total. The van der Waals surface area contributed by atoms with Crippen LogP contribution in [0.25, 0.3) is 0 Å². The molecule has 380 valence electrons. The maximum absolute atomic E-state index is 9.10. The zero-order chi connectivity index (χ0) is 49.2. The van der Waals surface area contributed by atoms with Crippen LogP contribution in [-0.4, -0.2) is 152 Å². The summed E-state index contributed by atoms with van der Waals surface area (Å²) in [6.07, 6.45) is 1.52. The SMILES string of the molecule is C.CC(C)(C)OCC(O)CO.CCC(O)COC(C)(C)C.CC[C@@H](O)COC(C)(C)C.CC[C@@H](O)COC(C)(C)C.CC[C@H](O)COC(C)(C)C.CC[C@H](O)COC(C)(C)C. The van der Waals surface area contributed by atoms with Gasteiger partial charge in [-0.15, -0.1) is 0 Å². The van der Waals surface area contributed by atoms with E-state index in [1.54, 1.807) is 0 Å². The van der Waals surface area contributed by atoms with Crippen molar-refractivity contribution in [3.05, 3.63) is 0 Å². The van der Waals surface area contributed by atoms with Gasteiger partial charge in [0.15, 0.2) is 0 Å². The average Bonchev–Trinajstić information content (AvgIpc) is 3.11. The molecule has 0 rings (SSSR count). The first-order valence-corrected chi connectivity index (χ1v) is 22.3. The standard InChI is InChI=1S/5C8H18O2.C7H16O3.CH4/c5*1-5-7(9)6-10-8(2,3)4;1-7(2,3)10-5-6(9)4-8;/h5*7,9H,5-6H2,1-4H3;6,8-9H,4-5H2,1-3H3;1H4/t4*7-;;;/m1100.../s1. The summed E-state index contributed by atoms with van der Waals surface area (Å²) in [5, 5.41) is 62.7. The molecule has 0 saturated carbocycles. The van der Waals surface area contributed by atoms with Crippen molar-refractivity contribution in [3.8, 4) is 0 Å². The van der Waals surface area contributed by atoms with Crippen molar-refractivity contribution in [2.75, 3.05) is 46.2 Å². The van der Waals surface area contributed by atoms with Crippen molar-refractivity contribution in [3.63, 3.8) is 0 Å². The summed E-state index contributed by atoms with van der Waals surface area (Å²) in [5.74, 6) is 0. The summed E-state index contributed by atoms with van der Waals surface area (Å²) >= 11 is 0. The summed E-state index contributed by atoms with van der Waals surface area (Å²) in [6.45, 7) is 47.3. The lowest BCUT2D eigenvalue weighted by molar-refractivity contribution is -0.0613. The monoisotopic (exact) mass is 895 g/mol. The van der Waals surface area contributed by atoms with E-state index in [2.05, 4.69) is 0 Å². The largest absolute Gasteiger partial charge is 0.394 e. The van der Waals surface area contributed by atoms with Gasteiger partial charge in [0.05, 0.1) is 110 Å². The highest BCUT2D eigenvalue weighted by Crippen LogP contribution is 2.11. The molecule has 13 heteroatoms. The van der Waals surface area contributed by atoms with Gasteiger partial charge in [0, 0.05) is 0 Å². The summed E-state index contributed by atoms with van der Waals surface area (Å²) in [5.41, 5.74) is -0.884. The highest BCUT2D eigenvalue weighted by molar-refractivity contribution is 4.64. The van der Waals surface area contributed by atoms with Crippen LogP contribution in [0, 0.1) is 0 Å². The predicted molar refractivity (Wildman–Crippen MR) is 256 cm³/mol. The molecule has 0 saturated heterocycles. The predicted octanol–water partition coefficient (Wildman–Crippen LogP) is 8.65. The van der Waals surface area contributed by atoms with Crippen molar-refractivity contribution in [2.24, 2.45) is 0 Å². The molecule has 0 aliphatic heterocycles. The molecule has 0 fully saturated rings. The van der Waals surface area contributed by atoms with Gasteiger partial charge in [0.1, 0.15) is 6.10 Å². The van der Waals surface area contributed by atoms with Gasteiger partial charge in [-0.1, -0.05) is 42.0 Å². The van der Waals surface area contributed by atoms with E-state index in [0.717, 1.165) is 32.1 Å². The molecule has 0 radical (unpaired) electrons. The van der Waals surface area contributed by atoms with Crippen LogP contribution in [0.15, 0.2) is 0 Å². The average molecular weight is 895 g/mol. The van der Waals surface area contributed by atoms with Crippen LogP contribution in [0.2, 0.25) is 0 Å². The molecule has 0 amide bonds. The number of rotatable bonds is 18. The second-order valence-corrected chi connectivity index (χ2v) is 20.7. The van der Waals surface area contributed by atoms with E-state index in [9.17, 15) is 0 Å². The van der Waals surface area contributed by atoms with Gasteiger partial charge in [0.2, 0.25) is 0 Å². The molecule has 0 heterocycles. The molecule has 2 unspecified atom stereocenters. The highest BCUT2D eigenvalue weighted by atomic mass is 16.5. The minimum absolute atomic E-state index is 0. The van der Waals surface area contributed by atoms with Gasteiger partial charge >= 0.3 is 0 Å². The fraction of sp³-hybridized carbons (Fsp3) is 1.00. The fourth-order valence-corrected chi connectivity index (χ4v) is 2.72. The third-order valence-electron chi connectivity index (χ3n) is 6.82. The fourth-order valence-electron chi connectivity index (χ4n) is 2.72. The summed E-state index contributed by atoms with van der Waals surface area (Å²) in [7, 11) is 0. The first-order chi connectivity index (χ1) is 26.7. The Balaban J connectivity index is -0.000000114. The third-order valence-corrected chi connectivity index (χ3v) is 6.82. The van der Waals surface area contributed by atoms with Crippen LogP contribution in [0.4, 0.5) is 0 Å². The first kappa shape index (κ1) is 74.8. The Hall–Kier alpha value is -0.520. The summed E-state index contributed by atoms with van der Waals surface area (Å²) in [6, 6.07) is 0. The number of ether oxygens (including phenoxy) is 6. The van der Waals surface area contributed by atoms with Crippen LogP contribution in [-0.2, 0) is 28.4 Å². The molecule has 0 aromatic carbocycles. The lowest BCUT2D eigenvalue weighted by atomic mass is 10.2. The van der Waals surface area contributed by atoms with Crippen LogP contribution in [0.1, 0.15) is 199 Å². The Morgan fingerprint density at radius 1 is 0.279 bits per heavy atom. The Bertz CT molecular complexity index is 691. The van der Waals surface area contributed by atoms with E-state index in [0.29, 0.717) is 33.0 Å². The third kappa shape index (κ3) is 87.2. The van der Waals surface area contributed by atoms with E-state index in [-0.39, 0.29) is 84.8 Å². The van der Waals surface area contributed by atoms with E-state index in [1.807, 2.05) is 159 Å². The maximum Gasteiger partial charge on any atom is 0.100 e. The van der Waals surface area contributed by atoms with Crippen molar-refractivity contribution in [2.45, 2.75) is 269 Å². The van der Waals surface area contributed by atoms with Gasteiger partial charge < -0.3 is 64.2 Å². The van der Waals surface area contributed by atoms with Crippen molar-refractivity contribution >= 4 is 0 Å². The highest BCUT2D eigenvalue weighted by Gasteiger charge is 2.16. The molecule has 0 aliphatic carbocycles. The van der Waals surface area contributed by atoms with E-state index < -0.39 is 6.10 Å². The maximum atomic E-state index is 9.10. The first-order valence-electron chi connectivity index (χ1n) is 22.3. The van der Waals surface area contributed by atoms with Crippen LogP contribution in [0.5, 0.6) is 0 Å². The van der Waals surface area contributed by atoms with Crippen molar-refractivity contribution < 1.29 is 64.2 Å². The van der Waals surface area contributed by atoms with Gasteiger partial charge in [-0.2, -0.15) is 0 Å². The molecule has 6 atom stereocenters. The topological polar surface area (TPSA) is 197 Å². The molecule has 0 aromatic rings. The van der Waals surface area contributed by atoms with Gasteiger partial charge in [-0.25, -0.2) is 0 Å². The number of aliphatic hydroxyl groups is 7. The lowest BCUT2D eigenvalue weighted by Gasteiger charge is -2.21. The van der Waals surface area contributed by atoms with E-state index >= 15 is 0 Å². The molecule has 0 bridgehead atoms. The number of hydrogen-bond donors (Lipinski definition) is 7. The number of hydrogen-bond acceptors (Lipinski definition) is 13. The minimum Gasteiger partial charge on any atom is -0.394 e. The van der Waals surface area contributed by atoms with Gasteiger partial charge in [-0.05, 0) is 157 Å². The van der Waals surface area contributed by atoms with Crippen molar-refractivity contribution in [1.29, 1.82) is 0 Å². The second-order valence-electron chi connectivity index (χ2n) is 20.7. The zero-order valence-corrected chi connectivity index (χ0v) is 43.5. The summed E-state index contributed by atoms with van der Waals surface area (Å²) in [4.78, 5) is 0. The molecular weight excluding hydrogens is 785 g/mol. The summed E-state index contributed by atoms with van der Waals surface area (Å²) < 4.78 is 31.8. The van der Waals surface area contributed by atoms with Crippen molar-refractivity contribution in [1.82, 2.24) is 0 Å². The van der Waals surface area contributed by atoms with Gasteiger partial charge in [0.25, 0.3) is 0 Å². The van der Waals surface area contributed by atoms with Crippen LogP contribution < -0.4 is 0 Å². The molecule has 0 aliphatic rings. The molecule has 0 spiro atoms. The molecule has 13 nitrogen and oxygen atoms in total. The van der Waals surface area contributed by atoms with Crippen LogP contribution >= 0.6 is 0 Å². The molecular formula is C48H110O13. The Labute approximate surface area is 378 Å². The Morgan fingerprint density at radius 2 is 0.393 bits per heavy atom. The van der Waals surface area contributed by atoms with Crippen LogP contribution in [0.3, 0.4) is 0 Å². The van der Waals surface area contributed by atoms with E-state index in [1.165, 1.54) is 0 Å².